The Labute approximate surface area is 104 Å². The Kier molecular flexibility index (Phi) is 3.57. The molecule has 1 aliphatic heterocycles. The van der Waals surface area contributed by atoms with Crippen LogP contribution in [0.5, 0.6) is 0 Å². The lowest BCUT2D eigenvalue weighted by Gasteiger charge is -2.37. The summed E-state index contributed by atoms with van der Waals surface area (Å²) in [6, 6.07) is 6.58. The fraction of sp³-hybridized carbons (Fsp3) is 0.571. The third-order valence-electron chi connectivity index (χ3n) is 3.26. The molecular formula is C14H22N2O. The van der Waals surface area contributed by atoms with E-state index in [4.69, 9.17) is 4.74 Å². The molecule has 3 nitrogen and oxygen atoms in total. The summed E-state index contributed by atoms with van der Waals surface area (Å²) in [7, 11) is 1.96. The van der Waals surface area contributed by atoms with E-state index in [0.29, 0.717) is 12.2 Å². The van der Waals surface area contributed by atoms with Crippen LogP contribution < -0.4 is 10.2 Å². The lowest BCUT2D eigenvalue weighted by atomic mass is 10.1. The average Bonchev–Trinajstić information content (AvgIpc) is 2.27. The first-order chi connectivity index (χ1) is 8.10. The van der Waals surface area contributed by atoms with Crippen molar-refractivity contribution in [2.24, 2.45) is 0 Å². The van der Waals surface area contributed by atoms with E-state index in [-0.39, 0.29) is 0 Å². The summed E-state index contributed by atoms with van der Waals surface area (Å²) in [6.45, 7) is 8.36. The molecule has 1 N–H and O–H groups in total. The van der Waals surface area contributed by atoms with Crippen molar-refractivity contribution in [2.45, 2.75) is 33.0 Å². The van der Waals surface area contributed by atoms with Crippen LogP contribution in [0.3, 0.4) is 0 Å². The van der Waals surface area contributed by atoms with Gasteiger partial charge in [-0.2, -0.15) is 0 Å². The number of hydrogen-bond acceptors (Lipinski definition) is 3. The molecule has 1 aliphatic rings. The van der Waals surface area contributed by atoms with Gasteiger partial charge in [0.05, 0.1) is 12.2 Å². The van der Waals surface area contributed by atoms with Crippen molar-refractivity contribution in [3.8, 4) is 0 Å². The molecule has 0 saturated carbocycles. The van der Waals surface area contributed by atoms with Crippen molar-refractivity contribution in [1.82, 2.24) is 0 Å². The Hall–Kier alpha value is -1.22. The number of aryl methyl sites for hydroxylation is 1. The number of anilines is 2. The first kappa shape index (κ1) is 12.2. The van der Waals surface area contributed by atoms with E-state index < -0.39 is 0 Å². The van der Waals surface area contributed by atoms with Crippen LogP contribution in [-0.2, 0) is 4.74 Å². The minimum Gasteiger partial charge on any atom is -0.388 e. The Balaban J connectivity index is 2.19. The fourth-order valence-electron chi connectivity index (χ4n) is 2.51. The van der Waals surface area contributed by atoms with E-state index in [9.17, 15) is 0 Å². The van der Waals surface area contributed by atoms with Crippen LogP contribution >= 0.6 is 0 Å². The standard InChI is InChI=1S/C14H22N2O/c1-10-7-13(5-6-14(10)15-4)16-8-11(2)17-12(3)9-16/h5-7,11-12,15H,8-9H2,1-4H3/t11-,12+. The van der Waals surface area contributed by atoms with Crippen molar-refractivity contribution >= 4 is 11.4 Å². The summed E-state index contributed by atoms with van der Waals surface area (Å²) in [5.74, 6) is 0. The minimum atomic E-state index is 0.308. The zero-order valence-corrected chi connectivity index (χ0v) is 11.2. The van der Waals surface area contributed by atoms with Crippen LogP contribution in [0.15, 0.2) is 18.2 Å². The molecule has 3 heteroatoms. The van der Waals surface area contributed by atoms with Gasteiger partial charge >= 0.3 is 0 Å². The number of rotatable bonds is 2. The summed E-state index contributed by atoms with van der Waals surface area (Å²) in [5.41, 5.74) is 3.78. The number of morpholine rings is 1. The molecule has 1 heterocycles. The van der Waals surface area contributed by atoms with Gasteiger partial charge in [-0.15, -0.1) is 0 Å². The Morgan fingerprint density at radius 3 is 2.41 bits per heavy atom. The normalized spacial score (nSPS) is 24.8. The molecule has 0 radical (unpaired) electrons. The van der Waals surface area contributed by atoms with Crippen LogP contribution in [0.2, 0.25) is 0 Å². The number of nitrogens with one attached hydrogen (secondary N) is 1. The van der Waals surface area contributed by atoms with Gasteiger partial charge in [0.15, 0.2) is 0 Å². The zero-order chi connectivity index (χ0) is 12.4. The lowest BCUT2D eigenvalue weighted by Crippen LogP contribution is -2.45. The van der Waals surface area contributed by atoms with Gasteiger partial charge in [-0.05, 0) is 44.5 Å². The molecular weight excluding hydrogens is 212 g/mol. The number of ether oxygens (including phenoxy) is 1. The maximum absolute atomic E-state index is 5.76. The third kappa shape index (κ3) is 2.72. The van der Waals surface area contributed by atoms with E-state index in [1.54, 1.807) is 0 Å². The van der Waals surface area contributed by atoms with Crippen LogP contribution in [0.25, 0.3) is 0 Å². The van der Waals surface area contributed by atoms with Gasteiger partial charge in [0.25, 0.3) is 0 Å². The van der Waals surface area contributed by atoms with Gasteiger partial charge in [0.1, 0.15) is 0 Å². The van der Waals surface area contributed by atoms with Gasteiger partial charge < -0.3 is 15.0 Å². The molecule has 17 heavy (non-hydrogen) atoms. The van der Waals surface area contributed by atoms with Crippen molar-refractivity contribution in [3.05, 3.63) is 23.8 Å². The predicted octanol–water partition coefficient (Wildman–Crippen LogP) is 2.65. The molecule has 1 saturated heterocycles. The van der Waals surface area contributed by atoms with Gasteiger partial charge in [-0.1, -0.05) is 0 Å². The molecule has 0 bridgehead atoms. The van der Waals surface area contributed by atoms with E-state index in [1.165, 1.54) is 16.9 Å². The highest BCUT2D eigenvalue weighted by atomic mass is 16.5. The highest BCUT2D eigenvalue weighted by Crippen LogP contribution is 2.25. The fourth-order valence-corrected chi connectivity index (χ4v) is 2.51. The van der Waals surface area contributed by atoms with Gasteiger partial charge in [0, 0.05) is 31.5 Å². The van der Waals surface area contributed by atoms with E-state index in [0.717, 1.165) is 13.1 Å². The highest BCUT2D eigenvalue weighted by Gasteiger charge is 2.22. The average molecular weight is 234 g/mol. The lowest BCUT2D eigenvalue weighted by molar-refractivity contribution is -0.00521. The Bertz CT molecular complexity index is 382. The molecule has 1 aromatic carbocycles. The predicted molar refractivity (Wildman–Crippen MR) is 72.9 cm³/mol. The van der Waals surface area contributed by atoms with Crippen LogP contribution in [0.4, 0.5) is 11.4 Å². The van der Waals surface area contributed by atoms with Gasteiger partial charge in [-0.3, -0.25) is 0 Å². The molecule has 2 atom stereocenters. The van der Waals surface area contributed by atoms with Gasteiger partial charge in [-0.25, -0.2) is 0 Å². The second-order valence-electron chi connectivity index (χ2n) is 4.91. The molecule has 0 aliphatic carbocycles. The summed E-state index contributed by atoms with van der Waals surface area (Å²) in [4.78, 5) is 2.41. The molecule has 0 aromatic heterocycles. The first-order valence-electron chi connectivity index (χ1n) is 6.29. The largest absolute Gasteiger partial charge is 0.388 e. The smallest absolute Gasteiger partial charge is 0.0726 e. The maximum atomic E-state index is 5.76. The van der Waals surface area contributed by atoms with Gasteiger partial charge in [0.2, 0.25) is 0 Å². The van der Waals surface area contributed by atoms with E-state index >= 15 is 0 Å². The molecule has 0 spiro atoms. The quantitative estimate of drug-likeness (QED) is 0.851. The summed E-state index contributed by atoms with van der Waals surface area (Å²) >= 11 is 0. The van der Waals surface area contributed by atoms with E-state index in [2.05, 4.69) is 49.2 Å². The van der Waals surface area contributed by atoms with Crippen molar-refractivity contribution in [1.29, 1.82) is 0 Å². The molecule has 94 valence electrons. The Morgan fingerprint density at radius 1 is 1.24 bits per heavy atom. The molecule has 2 rings (SSSR count). The summed E-state index contributed by atoms with van der Waals surface area (Å²) < 4.78 is 5.76. The SMILES string of the molecule is CNc1ccc(N2C[C@@H](C)O[C@@H](C)C2)cc1C. The summed E-state index contributed by atoms with van der Waals surface area (Å²) in [5, 5.41) is 3.20. The van der Waals surface area contributed by atoms with Crippen molar-refractivity contribution < 1.29 is 4.74 Å². The monoisotopic (exact) mass is 234 g/mol. The minimum absolute atomic E-state index is 0.308. The molecule has 1 aromatic rings. The van der Waals surface area contributed by atoms with E-state index in [1.807, 2.05) is 7.05 Å². The van der Waals surface area contributed by atoms with Crippen LogP contribution in [0, 0.1) is 6.92 Å². The van der Waals surface area contributed by atoms with Crippen LogP contribution in [0.1, 0.15) is 19.4 Å². The molecule has 0 amide bonds. The number of nitrogens with zero attached hydrogens (tertiary/aromatic N) is 1. The maximum Gasteiger partial charge on any atom is 0.0726 e. The molecule has 0 unspecified atom stereocenters. The van der Waals surface area contributed by atoms with Crippen molar-refractivity contribution in [2.75, 3.05) is 30.4 Å². The third-order valence-corrected chi connectivity index (χ3v) is 3.26. The zero-order valence-electron chi connectivity index (χ0n) is 11.2. The second-order valence-corrected chi connectivity index (χ2v) is 4.91. The highest BCUT2D eigenvalue weighted by molar-refractivity contribution is 5.60. The topological polar surface area (TPSA) is 24.5 Å². The second kappa shape index (κ2) is 4.96. The van der Waals surface area contributed by atoms with Crippen LogP contribution in [-0.4, -0.2) is 32.3 Å². The Morgan fingerprint density at radius 2 is 1.88 bits per heavy atom. The number of hydrogen-bond donors (Lipinski definition) is 1. The molecule has 1 fully saturated rings. The first-order valence-corrected chi connectivity index (χ1v) is 6.29. The van der Waals surface area contributed by atoms with Crippen molar-refractivity contribution in [3.63, 3.8) is 0 Å². The number of benzene rings is 1. The summed E-state index contributed by atoms with van der Waals surface area (Å²) in [6.07, 6.45) is 0.617.